The van der Waals surface area contributed by atoms with E-state index >= 15 is 0 Å². The Morgan fingerprint density at radius 1 is 1.50 bits per heavy atom. The molecule has 0 aliphatic rings. The maximum Gasteiger partial charge on any atom is 2.00 e. The van der Waals surface area contributed by atoms with Crippen LogP contribution in [-0.2, 0) is 9.09 Å². The fraction of sp³-hybridized carbons (Fsp3) is 1.00. The van der Waals surface area contributed by atoms with Gasteiger partial charge in [-0.15, -0.1) is 0 Å². The van der Waals surface area contributed by atoms with Gasteiger partial charge in [-0.1, -0.05) is 0 Å². The number of aliphatic hydroxyl groups excluding tert-OH is 2. The van der Waals surface area contributed by atoms with Crippen LogP contribution >= 0.6 is 7.82 Å². The van der Waals surface area contributed by atoms with Crippen molar-refractivity contribution in [3.8, 4) is 0 Å². The Hall–Kier alpha value is 1.25. The first-order valence-electron chi connectivity index (χ1n) is 2.41. The molecule has 1 atom stereocenters. The molecule has 0 spiro atoms. The summed E-state index contributed by atoms with van der Waals surface area (Å²) in [5, 5.41) is 16.6. The molecule has 0 aromatic carbocycles. The summed E-state index contributed by atoms with van der Waals surface area (Å²) in [7, 11) is -5.00. The van der Waals surface area contributed by atoms with Crippen LogP contribution in [0.15, 0.2) is 0 Å². The van der Waals surface area contributed by atoms with Gasteiger partial charge >= 0.3 is 37.7 Å². The minimum atomic E-state index is -5.00. The first-order chi connectivity index (χ1) is 4.45. The monoisotopic (exact) mass is 228 g/mol. The van der Waals surface area contributed by atoms with Crippen LogP contribution in [0.2, 0.25) is 0 Å². The van der Waals surface area contributed by atoms with Gasteiger partial charge in [-0.3, -0.25) is 0 Å². The second kappa shape index (κ2) is 8.83. The van der Waals surface area contributed by atoms with Crippen molar-refractivity contribution in [1.29, 1.82) is 0 Å². The van der Waals surface area contributed by atoms with E-state index in [-0.39, 0.29) is 43.2 Å². The zero-order chi connectivity index (χ0) is 8.20. The topological polar surface area (TPSA) is 144 Å². The van der Waals surface area contributed by atoms with Gasteiger partial charge in [-0.05, 0) is 0 Å². The Balaban J connectivity index is -0.000000405. The van der Waals surface area contributed by atoms with Gasteiger partial charge < -0.3 is 34.6 Å². The van der Waals surface area contributed by atoms with E-state index in [2.05, 4.69) is 4.52 Å². The molecule has 0 aromatic heterocycles. The van der Waals surface area contributed by atoms with E-state index in [9.17, 15) is 14.4 Å². The molecule has 7 nitrogen and oxygen atoms in total. The summed E-state index contributed by atoms with van der Waals surface area (Å²) in [5.41, 5.74) is 0. The van der Waals surface area contributed by atoms with Crippen molar-refractivity contribution in [3.63, 3.8) is 0 Å². The summed E-state index contributed by atoms with van der Waals surface area (Å²) >= 11 is 0. The average molecular weight is 228 g/mol. The van der Waals surface area contributed by atoms with E-state index < -0.39 is 27.1 Å². The number of rotatable bonds is 4. The van der Waals surface area contributed by atoms with Crippen molar-refractivity contribution in [3.05, 3.63) is 0 Å². The minimum Gasteiger partial charge on any atom is -0.790 e. The number of hydrogen-bond donors (Lipinski definition) is 2. The molecule has 0 aromatic rings. The first kappa shape index (κ1) is 18.9. The molecule has 0 amide bonds. The zero-order valence-corrected chi connectivity index (χ0v) is 9.28. The second-order valence-corrected chi connectivity index (χ2v) is 2.73. The van der Waals surface area contributed by atoms with Crippen LogP contribution in [-0.4, -0.2) is 72.7 Å². The molecule has 4 N–H and O–H groups in total. The largest absolute Gasteiger partial charge is 2.00 e. The van der Waals surface area contributed by atoms with Gasteiger partial charge in [0.25, 0.3) is 0 Å². The van der Waals surface area contributed by atoms with Crippen LogP contribution in [0.3, 0.4) is 0 Å². The van der Waals surface area contributed by atoms with E-state index in [1.165, 1.54) is 0 Å². The molecule has 0 heterocycles. The Morgan fingerprint density at radius 2 is 1.92 bits per heavy atom. The fourth-order valence-electron chi connectivity index (χ4n) is 0.230. The fourth-order valence-corrected chi connectivity index (χ4v) is 0.585. The van der Waals surface area contributed by atoms with Crippen molar-refractivity contribution < 1.29 is 34.6 Å². The Bertz CT molecular complexity index is 135. The summed E-state index contributed by atoms with van der Waals surface area (Å²) in [6.07, 6.45) is -1.32. The van der Waals surface area contributed by atoms with E-state index in [0.717, 1.165) is 0 Å². The molecule has 0 rings (SSSR count). The summed E-state index contributed by atoms with van der Waals surface area (Å²) in [6.45, 7) is -1.33. The van der Waals surface area contributed by atoms with Crippen LogP contribution in [0.4, 0.5) is 0 Å². The number of phosphoric acid groups is 1. The Kier molecular flexibility index (Phi) is 13.9. The van der Waals surface area contributed by atoms with E-state index in [0.29, 0.717) is 0 Å². The number of hydrogen-bond acceptors (Lipinski definition) is 6. The Morgan fingerprint density at radius 3 is 2.17 bits per heavy atom. The van der Waals surface area contributed by atoms with Crippen molar-refractivity contribution in [1.82, 2.24) is 0 Å². The van der Waals surface area contributed by atoms with Crippen LogP contribution in [0.1, 0.15) is 0 Å². The molecule has 70 valence electrons. The van der Waals surface area contributed by atoms with Crippen LogP contribution in [0.25, 0.3) is 0 Å². The molecule has 12 heavy (non-hydrogen) atoms. The van der Waals surface area contributed by atoms with Gasteiger partial charge in [0.2, 0.25) is 0 Å². The Labute approximate surface area is 98.9 Å². The van der Waals surface area contributed by atoms with Crippen molar-refractivity contribution >= 4 is 45.6 Å². The molecule has 1 unspecified atom stereocenters. The number of aliphatic hydroxyl groups is 2. The molecular weight excluding hydrogens is 219 g/mol. The summed E-state index contributed by atoms with van der Waals surface area (Å²) in [4.78, 5) is 19.4. The van der Waals surface area contributed by atoms with Gasteiger partial charge in [-0.2, -0.15) is 0 Å². The van der Waals surface area contributed by atoms with Crippen molar-refractivity contribution in [2.75, 3.05) is 13.2 Å². The third-order valence-electron chi connectivity index (χ3n) is 0.636. The van der Waals surface area contributed by atoms with Gasteiger partial charge in [0, 0.05) is 0 Å². The third kappa shape index (κ3) is 13.8. The van der Waals surface area contributed by atoms with E-state index in [1.54, 1.807) is 0 Å². The summed E-state index contributed by atoms with van der Waals surface area (Å²) < 4.78 is 13.3. The van der Waals surface area contributed by atoms with E-state index in [4.69, 9.17) is 10.2 Å². The molecule has 0 aliphatic heterocycles. The van der Waals surface area contributed by atoms with Gasteiger partial charge in [0.15, 0.2) is 0 Å². The summed E-state index contributed by atoms with van der Waals surface area (Å²) in [6, 6.07) is 0. The van der Waals surface area contributed by atoms with E-state index in [1.807, 2.05) is 0 Å². The van der Waals surface area contributed by atoms with Crippen molar-refractivity contribution in [2.24, 2.45) is 0 Å². The van der Waals surface area contributed by atoms with Gasteiger partial charge in [-0.25, -0.2) is 0 Å². The van der Waals surface area contributed by atoms with Crippen LogP contribution < -0.4 is 9.79 Å². The quantitative estimate of drug-likeness (QED) is 0.370. The van der Waals surface area contributed by atoms with Crippen LogP contribution in [0, 0.1) is 0 Å². The molecule has 0 saturated carbocycles. The molecule has 9 heteroatoms. The predicted octanol–water partition coefficient (Wildman–Crippen LogP) is -4.02. The van der Waals surface area contributed by atoms with Gasteiger partial charge in [0.05, 0.1) is 21.0 Å². The summed E-state index contributed by atoms with van der Waals surface area (Å²) in [5.74, 6) is 0. The molecule has 0 fully saturated rings. The predicted molar refractivity (Wildman–Crippen MR) is 36.0 cm³/mol. The number of phosphoric ester groups is 1. The smallest absolute Gasteiger partial charge is 0.790 e. The molecule has 0 saturated heterocycles. The molecule has 0 bridgehead atoms. The minimum absolute atomic E-state index is 0. The molecule has 0 aliphatic carbocycles. The second-order valence-electron chi connectivity index (χ2n) is 1.58. The van der Waals surface area contributed by atoms with Gasteiger partial charge in [0.1, 0.15) is 6.10 Å². The average Bonchev–Trinajstić information content (AvgIpc) is 1.81. The SMILES string of the molecule is O.O=P([O-])([O-])OCC(O)CO.[Ca+2]. The molecular formula is C3H9CaO7P. The van der Waals surface area contributed by atoms with Crippen molar-refractivity contribution in [2.45, 2.75) is 6.10 Å². The molecule has 0 radical (unpaired) electrons. The third-order valence-corrected chi connectivity index (χ3v) is 1.10. The standard InChI is InChI=1S/C3H9O6P.Ca.H2O/c4-1-3(5)2-9-10(6,7)8;;/h3-5H,1-2H2,(H2,6,7,8);;1H2/q;+2;/p-2. The maximum absolute atomic E-state index is 9.71. The first-order valence-corrected chi connectivity index (χ1v) is 3.87. The normalized spacial score (nSPS) is 12.7. The van der Waals surface area contributed by atoms with Crippen LogP contribution in [0.5, 0.6) is 0 Å². The zero-order valence-electron chi connectivity index (χ0n) is 6.17. The maximum atomic E-state index is 9.71.